The van der Waals surface area contributed by atoms with Crippen molar-refractivity contribution in [2.45, 2.75) is 44.0 Å². The van der Waals surface area contributed by atoms with Crippen molar-refractivity contribution in [2.24, 2.45) is 0 Å². The lowest BCUT2D eigenvalue weighted by Gasteiger charge is -2.16. The molecule has 118 valence electrons. The first-order valence-corrected chi connectivity index (χ1v) is 8.20. The molecule has 1 rings (SSSR count). The Morgan fingerprint density at radius 3 is 2.62 bits per heavy atom. The van der Waals surface area contributed by atoms with Crippen LogP contribution in [0.15, 0.2) is 23.1 Å². The maximum Gasteiger partial charge on any atom is 0.321 e. The standard InChI is InChI=1S/C14H21NO5S/c1-4-5-6-11(14(16)17)15-21(18,19)13-9-10(2)7-8-12(13)20-3/h7-9,11,15H,4-6H2,1-3H3,(H,16,17). The summed E-state index contributed by atoms with van der Waals surface area (Å²) >= 11 is 0. The van der Waals surface area contributed by atoms with Crippen molar-refractivity contribution in [3.8, 4) is 5.75 Å². The third-order valence-corrected chi connectivity index (χ3v) is 4.54. The summed E-state index contributed by atoms with van der Waals surface area (Å²) in [6, 6.07) is 3.59. The predicted molar refractivity (Wildman–Crippen MR) is 79.0 cm³/mol. The van der Waals surface area contributed by atoms with Gasteiger partial charge in [-0.2, -0.15) is 4.72 Å². The lowest BCUT2D eigenvalue weighted by atomic mass is 10.1. The third-order valence-electron chi connectivity index (χ3n) is 3.05. The van der Waals surface area contributed by atoms with Gasteiger partial charge in [0.25, 0.3) is 0 Å². The fourth-order valence-corrected chi connectivity index (χ4v) is 3.36. The zero-order valence-electron chi connectivity index (χ0n) is 12.4. The minimum absolute atomic E-state index is 0.0484. The van der Waals surface area contributed by atoms with Gasteiger partial charge in [-0.1, -0.05) is 25.8 Å². The molecule has 0 saturated heterocycles. The molecule has 1 atom stereocenters. The van der Waals surface area contributed by atoms with Gasteiger partial charge in [0.1, 0.15) is 16.7 Å². The van der Waals surface area contributed by atoms with Crippen LogP contribution >= 0.6 is 0 Å². The van der Waals surface area contributed by atoms with Crippen molar-refractivity contribution in [2.75, 3.05) is 7.11 Å². The number of sulfonamides is 1. The molecule has 0 spiro atoms. The molecular weight excluding hydrogens is 294 g/mol. The van der Waals surface area contributed by atoms with Gasteiger partial charge in [0, 0.05) is 0 Å². The van der Waals surface area contributed by atoms with Crippen LogP contribution in [0.1, 0.15) is 31.7 Å². The average molecular weight is 315 g/mol. The van der Waals surface area contributed by atoms with Gasteiger partial charge in [0.15, 0.2) is 0 Å². The third kappa shape index (κ3) is 4.71. The van der Waals surface area contributed by atoms with Crippen molar-refractivity contribution >= 4 is 16.0 Å². The van der Waals surface area contributed by atoms with Crippen LogP contribution in [0, 0.1) is 6.92 Å². The number of carbonyl (C=O) groups is 1. The number of nitrogens with one attached hydrogen (secondary N) is 1. The number of rotatable bonds is 8. The molecule has 21 heavy (non-hydrogen) atoms. The molecule has 1 aromatic carbocycles. The number of carboxylic acids is 1. The van der Waals surface area contributed by atoms with E-state index in [0.29, 0.717) is 6.42 Å². The molecule has 0 aromatic heterocycles. The van der Waals surface area contributed by atoms with Crippen LogP contribution in [-0.2, 0) is 14.8 Å². The van der Waals surface area contributed by atoms with Gasteiger partial charge in [0.05, 0.1) is 7.11 Å². The highest BCUT2D eigenvalue weighted by molar-refractivity contribution is 7.89. The highest BCUT2D eigenvalue weighted by Crippen LogP contribution is 2.25. The number of methoxy groups -OCH3 is 1. The van der Waals surface area contributed by atoms with Crippen molar-refractivity contribution in [1.29, 1.82) is 0 Å². The minimum atomic E-state index is -3.96. The van der Waals surface area contributed by atoms with Crippen LogP contribution in [-0.4, -0.2) is 32.6 Å². The molecule has 0 aliphatic carbocycles. The van der Waals surface area contributed by atoms with Crippen LogP contribution in [0.4, 0.5) is 0 Å². The second-order valence-electron chi connectivity index (χ2n) is 4.81. The summed E-state index contributed by atoms with van der Waals surface area (Å²) in [6.45, 7) is 3.67. The molecule has 6 nitrogen and oxygen atoms in total. The van der Waals surface area contributed by atoms with Crippen LogP contribution in [0.3, 0.4) is 0 Å². The van der Waals surface area contributed by atoms with E-state index in [-0.39, 0.29) is 17.1 Å². The van der Waals surface area contributed by atoms with Crippen LogP contribution in [0.2, 0.25) is 0 Å². The maximum absolute atomic E-state index is 12.4. The predicted octanol–water partition coefficient (Wildman–Crippen LogP) is 1.93. The van der Waals surface area contributed by atoms with Gasteiger partial charge in [-0.25, -0.2) is 8.42 Å². The maximum atomic E-state index is 12.4. The number of aliphatic carboxylic acids is 1. The van der Waals surface area contributed by atoms with Gasteiger partial charge < -0.3 is 9.84 Å². The average Bonchev–Trinajstić information content (AvgIpc) is 2.43. The number of carboxylic acid groups (broad SMARTS) is 1. The van der Waals surface area contributed by atoms with Crippen LogP contribution in [0.25, 0.3) is 0 Å². The van der Waals surface area contributed by atoms with E-state index < -0.39 is 22.0 Å². The summed E-state index contributed by atoms with van der Waals surface area (Å²) in [5, 5.41) is 9.13. The lowest BCUT2D eigenvalue weighted by Crippen LogP contribution is -2.40. The van der Waals surface area contributed by atoms with Crippen molar-refractivity contribution in [1.82, 2.24) is 4.72 Å². The molecule has 7 heteroatoms. The summed E-state index contributed by atoms with van der Waals surface area (Å²) < 4.78 is 32.1. The van der Waals surface area contributed by atoms with E-state index in [1.807, 2.05) is 6.92 Å². The Kier molecular flexibility index (Phi) is 6.17. The van der Waals surface area contributed by atoms with Crippen LogP contribution in [0.5, 0.6) is 5.75 Å². The second-order valence-corrected chi connectivity index (χ2v) is 6.49. The molecule has 0 fully saturated rings. The first-order valence-electron chi connectivity index (χ1n) is 6.71. The Bertz CT molecular complexity index is 597. The Hall–Kier alpha value is -1.60. The van der Waals surface area contributed by atoms with Crippen molar-refractivity contribution in [3.05, 3.63) is 23.8 Å². The fourth-order valence-electron chi connectivity index (χ4n) is 1.89. The molecule has 2 N–H and O–H groups in total. The van der Waals surface area contributed by atoms with E-state index in [9.17, 15) is 13.2 Å². The highest BCUT2D eigenvalue weighted by atomic mass is 32.2. The Labute approximate surface area is 125 Å². The number of benzene rings is 1. The monoisotopic (exact) mass is 315 g/mol. The summed E-state index contributed by atoms with van der Waals surface area (Å²) in [5.74, 6) is -0.994. The van der Waals surface area contributed by atoms with Crippen LogP contribution < -0.4 is 9.46 Å². The van der Waals surface area contributed by atoms with E-state index in [0.717, 1.165) is 12.0 Å². The number of hydrogen-bond donors (Lipinski definition) is 2. The fraction of sp³-hybridized carbons (Fsp3) is 0.500. The van der Waals surface area contributed by atoms with Gasteiger partial charge in [-0.15, -0.1) is 0 Å². The quantitative estimate of drug-likeness (QED) is 0.764. The molecule has 0 bridgehead atoms. The summed E-state index contributed by atoms with van der Waals surface area (Å²) in [6.07, 6.45) is 1.67. The highest BCUT2D eigenvalue weighted by Gasteiger charge is 2.27. The Morgan fingerprint density at radius 1 is 1.43 bits per heavy atom. The molecule has 0 radical (unpaired) electrons. The molecule has 1 unspecified atom stereocenters. The molecule has 0 saturated carbocycles. The molecule has 1 aromatic rings. The molecule has 0 aliphatic rings. The number of ether oxygens (including phenoxy) is 1. The SMILES string of the molecule is CCCCC(NS(=O)(=O)c1cc(C)ccc1OC)C(=O)O. The van der Waals surface area contributed by atoms with Gasteiger partial charge in [-0.3, -0.25) is 4.79 Å². The minimum Gasteiger partial charge on any atom is -0.495 e. The zero-order valence-corrected chi connectivity index (χ0v) is 13.2. The lowest BCUT2D eigenvalue weighted by molar-refractivity contribution is -0.139. The van der Waals surface area contributed by atoms with Gasteiger partial charge in [-0.05, 0) is 31.0 Å². The van der Waals surface area contributed by atoms with E-state index >= 15 is 0 Å². The summed E-state index contributed by atoms with van der Waals surface area (Å²) in [7, 11) is -2.59. The van der Waals surface area contributed by atoms with E-state index in [4.69, 9.17) is 9.84 Å². The molecule has 0 heterocycles. The smallest absolute Gasteiger partial charge is 0.321 e. The van der Waals surface area contributed by atoms with Crippen molar-refractivity contribution in [3.63, 3.8) is 0 Å². The molecule has 0 aliphatic heterocycles. The summed E-state index contributed by atoms with van der Waals surface area (Å²) in [5.41, 5.74) is 0.747. The summed E-state index contributed by atoms with van der Waals surface area (Å²) in [4.78, 5) is 11.1. The molecular formula is C14H21NO5S. The topological polar surface area (TPSA) is 92.7 Å². The second kappa shape index (κ2) is 7.42. The number of unbranched alkanes of at least 4 members (excludes halogenated alkanes) is 1. The largest absolute Gasteiger partial charge is 0.495 e. The first kappa shape index (κ1) is 17.5. The van der Waals surface area contributed by atoms with E-state index in [1.54, 1.807) is 19.1 Å². The van der Waals surface area contributed by atoms with E-state index in [1.165, 1.54) is 13.2 Å². The molecule has 0 amide bonds. The van der Waals surface area contributed by atoms with Crippen molar-refractivity contribution < 1.29 is 23.1 Å². The van der Waals surface area contributed by atoms with E-state index in [2.05, 4.69) is 4.72 Å². The number of hydrogen-bond acceptors (Lipinski definition) is 4. The Morgan fingerprint density at radius 2 is 2.10 bits per heavy atom. The first-order chi connectivity index (χ1) is 9.81. The van der Waals surface area contributed by atoms with Gasteiger partial charge >= 0.3 is 5.97 Å². The normalized spacial score (nSPS) is 12.9. The number of aryl methyl sites for hydroxylation is 1. The zero-order chi connectivity index (χ0) is 16.0. The Balaban J connectivity index is 3.09. The van der Waals surface area contributed by atoms with Gasteiger partial charge in [0.2, 0.25) is 10.0 Å².